The van der Waals surface area contributed by atoms with E-state index in [-0.39, 0.29) is 11.7 Å². The van der Waals surface area contributed by atoms with Crippen LogP contribution in [-0.4, -0.2) is 51.6 Å². The Kier molecular flexibility index (Phi) is 6.09. The summed E-state index contributed by atoms with van der Waals surface area (Å²) in [5, 5.41) is 6.27. The third-order valence-electron chi connectivity index (χ3n) is 5.95. The van der Waals surface area contributed by atoms with Gasteiger partial charge in [-0.3, -0.25) is 4.79 Å². The highest BCUT2D eigenvalue weighted by Crippen LogP contribution is 2.30. The normalized spacial score (nSPS) is 13.8. The third-order valence-corrected chi connectivity index (χ3v) is 5.95. The molecule has 1 aliphatic rings. The molecule has 1 saturated heterocycles. The second-order valence-electron chi connectivity index (χ2n) is 8.12. The molecule has 8 nitrogen and oxygen atoms in total. The van der Waals surface area contributed by atoms with Crippen molar-refractivity contribution in [3.8, 4) is 22.8 Å². The molecule has 5 rings (SSSR count). The summed E-state index contributed by atoms with van der Waals surface area (Å²) < 4.78 is 15.3. The number of amides is 1. The molecular weight excluding hydrogens is 433 g/mol. The van der Waals surface area contributed by atoms with Crippen LogP contribution < -0.4 is 15.5 Å². The van der Waals surface area contributed by atoms with Crippen LogP contribution in [0.25, 0.3) is 22.8 Å². The molecule has 0 aliphatic carbocycles. The van der Waals surface area contributed by atoms with Crippen molar-refractivity contribution in [1.29, 1.82) is 0 Å². The maximum absolute atomic E-state index is 13.4. The Balaban J connectivity index is 1.34. The van der Waals surface area contributed by atoms with Gasteiger partial charge >= 0.3 is 0 Å². The van der Waals surface area contributed by atoms with Crippen molar-refractivity contribution in [3.63, 3.8) is 0 Å². The molecule has 34 heavy (non-hydrogen) atoms. The zero-order valence-corrected chi connectivity index (χ0v) is 18.9. The van der Waals surface area contributed by atoms with E-state index in [2.05, 4.69) is 30.5 Å². The van der Waals surface area contributed by atoms with Crippen molar-refractivity contribution in [3.05, 3.63) is 72.6 Å². The Morgan fingerprint density at radius 1 is 1.06 bits per heavy atom. The smallest absolute Gasteiger partial charge is 0.273 e. The Bertz CT molecular complexity index is 1270. The number of H-pyrrole nitrogens is 1. The number of piperazine rings is 1. The number of benzene rings is 2. The Hall–Kier alpha value is -3.98. The van der Waals surface area contributed by atoms with Crippen molar-refractivity contribution in [2.45, 2.75) is 13.5 Å². The number of carbonyl (C=O) groups excluding carboxylic acids is 1. The highest BCUT2D eigenvalue weighted by atomic mass is 19.1. The van der Waals surface area contributed by atoms with Gasteiger partial charge in [-0.15, -0.1) is 0 Å². The monoisotopic (exact) mass is 459 g/mol. The van der Waals surface area contributed by atoms with Crippen molar-refractivity contribution >= 4 is 17.3 Å². The number of aromatic nitrogens is 4. The zero-order chi connectivity index (χ0) is 23.5. The molecule has 4 aromatic rings. The van der Waals surface area contributed by atoms with Gasteiger partial charge in [0.15, 0.2) is 5.82 Å². The van der Waals surface area contributed by atoms with Gasteiger partial charge in [-0.05, 0) is 55.5 Å². The molecular formula is C25H26FN7O. The van der Waals surface area contributed by atoms with Crippen LogP contribution >= 0.6 is 0 Å². The number of aromatic amines is 1. The Morgan fingerprint density at radius 2 is 1.79 bits per heavy atom. The first-order valence-corrected chi connectivity index (χ1v) is 11.4. The molecule has 0 unspecified atom stereocenters. The molecule has 1 aliphatic heterocycles. The van der Waals surface area contributed by atoms with Crippen LogP contribution in [0.5, 0.6) is 0 Å². The highest BCUT2D eigenvalue weighted by Gasteiger charge is 2.19. The number of imidazole rings is 2. The summed E-state index contributed by atoms with van der Waals surface area (Å²) in [6.07, 6.45) is 3.23. The van der Waals surface area contributed by atoms with Gasteiger partial charge in [-0.25, -0.2) is 14.4 Å². The molecule has 1 amide bonds. The maximum Gasteiger partial charge on any atom is 0.273 e. The minimum atomic E-state index is -0.307. The molecule has 2 aromatic carbocycles. The summed E-state index contributed by atoms with van der Waals surface area (Å²) in [5.41, 5.74) is 4.39. The van der Waals surface area contributed by atoms with Crippen molar-refractivity contribution < 1.29 is 9.18 Å². The van der Waals surface area contributed by atoms with Gasteiger partial charge in [0.1, 0.15) is 17.2 Å². The van der Waals surface area contributed by atoms with Gasteiger partial charge in [-0.2, -0.15) is 0 Å². The van der Waals surface area contributed by atoms with Crippen LogP contribution in [0.2, 0.25) is 0 Å². The Labute approximate surface area is 196 Å². The number of hydrogen-bond donors (Lipinski definition) is 3. The standard InChI is InChI=1S/C25H26FN7O/c1-2-32-16-29-22(17-3-5-18(26)6-4-17)23(32)24-28-15-21(31-24)25(34)30-19-7-9-20(10-8-19)33-13-11-27-12-14-33/h3-10,15-16,27H,2,11-14H2,1H3,(H,28,31)(H,30,34). The largest absolute Gasteiger partial charge is 0.369 e. The fourth-order valence-electron chi connectivity index (χ4n) is 4.12. The topological polar surface area (TPSA) is 90.9 Å². The fraction of sp³-hybridized carbons (Fsp3) is 0.240. The zero-order valence-electron chi connectivity index (χ0n) is 18.9. The summed E-state index contributed by atoms with van der Waals surface area (Å²) >= 11 is 0. The predicted octanol–water partition coefficient (Wildman–Crippen LogP) is 3.76. The number of nitrogens with one attached hydrogen (secondary N) is 3. The molecule has 0 radical (unpaired) electrons. The average Bonchev–Trinajstić information content (AvgIpc) is 3.53. The number of carbonyl (C=O) groups is 1. The summed E-state index contributed by atoms with van der Waals surface area (Å²) in [7, 11) is 0. The molecule has 1 fully saturated rings. The second kappa shape index (κ2) is 9.48. The van der Waals surface area contributed by atoms with E-state index in [0.29, 0.717) is 29.4 Å². The number of nitrogens with zero attached hydrogens (tertiary/aromatic N) is 4. The second-order valence-corrected chi connectivity index (χ2v) is 8.12. The minimum absolute atomic E-state index is 0.278. The first-order chi connectivity index (χ1) is 16.6. The quantitative estimate of drug-likeness (QED) is 0.408. The Morgan fingerprint density at radius 3 is 2.50 bits per heavy atom. The molecule has 3 heterocycles. The molecule has 0 saturated carbocycles. The van der Waals surface area contributed by atoms with E-state index in [1.807, 2.05) is 35.8 Å². The van der Waals surface area contributed by atoms with Crippen LogP contribution in [0.1, 0.15) is 17.4 Å². The lowest BCUT2D eigenvalue weighted by Gasteiger charge is -2.29. The first-order valence-electron chi connectivity index (χ1n) is 11.4. The molecule has 3 N–H and O–H groups in total. The molecule has 0 spiro atoms. The minimum Gasteiger partial charge on any atom is -0.369 e. The molecule has 0 atom stereocenters. The summed E-state index contributed by atoms with van der Waals surface area (Å²) in [5.74, 6) is -0.0596. The maximum atomic E-state index is 13.4. The van der Waals surface area contributed by atoms with E-state index in [4.69, 9.17) is 0 Å². The summed E-state index contributed by atoms with van der Waals surface area (Å²) in [6, 6.07) is 14.0. The van der Waals surface area contributed by atoms with E-state index in [1.165, 1.54) is 18.3 Å². The predicted molar refractivity (Wildman–Crippen MR) is 130 cm³/mol. The van der Waals surface area contributed by atoms with E-state index >= 15 is 0 Å². The van der Waals surface area contributed by atoms with Crippen LogP contribution in [0, 0.1) is 5.82 Å². The van der Waals surface area contributed by atoms with Crippen molar-refractivity contribution in [2.75, 3.05) is 36.4 Å². The number of aryl methyl sites for hydroxylation is 1. The first kappa shape index (κ1) is 21.8. The van der Waals surface area contributed by atoms with E-state index in [9.17, 15) is 9.18 Å². The molecule has 174 valence electrons. The van der Waals surface area contributed by atoms with E-state index < -0.39 is 0 Å². The van der Waals surface area contributed by atoms with Crippen LogP contribution in [0.3, 0.4) is 0 Å². The fourth-order valence-corrected chi connectivity index (χ4v) is 4.12. The van der Waals surface area contributed by atoms with Gasteiger partial charge in [0.05, 0.1) is 18.2 Å². The van der Waals surface area contributed by atoms with Gasteiger partial charge in [0, 0.05) is 49.7 Å². The number of anilines is 2. The number of rotatable bonds is 6. The lowest BCUT2D eigenvalue weighted by atomic mass is 10.1. The van der Waals surface area contributed by atoms with E-state index in [1.54, 1.807) is 18.5 Å². The number of hydrogen-bond acceptors (Lipinski definition) is 5. The number of halogens is 1. The van der Waals surface area contributed by atoms with Gasteiger partial charge in [0.25, 0.3) is 5.91 Å². The van der Waals surface area contributed by atoms with Gasteiger partial charge in [0.2, 0.25) is 0 Å². The summed E-state index contributed by atoms with van der Waals surface area (Å²) in [4.78, 5) is 27.3. The lowest BCUT2D eigenvalue weighted by molar-refractivity contribution is 0.102. The van der Waals surface area contributed by atoms with Crippen LogP contribution in [0.4, 0.5) is 15.8 Å². The summed E-state index contributed by atoms with van der Waals surface area (Å²) in [6.45, 7) is 6.56. The van der Waals surface area contributed by atoms with Gasteiger partial charge in [-0.1, -0.05) is 0 Å². The third kappa shape index (κ3) is 4.42. The van der Waals surface area contributed by atoms with Crippen molar-refractivity contribution in [1.82, 2.24) is 24.8 Å². The average molecular weight is 460 g/mol. The molecule has 9 heteroatoms. The molecule has 0 bridgehead atoms. The van der Waals surface area contributed by atoms with E-state index in [0.717, 1.165) is 43.1 Å². The van der Waals surface area contributed by atoms with Crippen LogP contribution in [-0.2, 0) is 6.54 Å². The SMILES string of the molecule is CCn1cnc(-c2ccc(F)cc2)c1-c1ncc(C(=O)Nc2ccc(N3CCNCC3)cc2)[nH]1. The van der Waals surface area contributed by atoms with Crippen molar-refractivity contribution in [2.24, 2.45) is 0 Å². The van der Waals surface area contributed by atoms with Crippen LogP contribution in [0.15, 0.2) is 61.1 Å². The van der Waals surface area contributed by atoms with Gasteiger partial charge < -0.3 is 25.1 Å². The lowest BCUT2D eigenvalue weighted by Crippen LogP contribution is -2.43. The molecule has 2 aromatic heterocycles. The highest BCUT2D eigenvalue weighted by molar-refractivity contribution is 6.03.